The topological polar surface area (TPSA) is 17.1 Å². The first-order valence-electron chi connectivity index (χ1n) is 9.69. The third kappa shape index (κ3) is 4.83. The van der Waals surface area contributed by atoms with Crippen LogP contribution in [0.15, 0.2) is 78.9 Å². The summed E-state index contributed by atoms with van der Waals surface area (Å²) in [5.74, 6) is -0.0902. The second-order valence-corrected chi connectivity index (χ2v) is 6.99. The Morgan fingerprint density at radius 3 is 2.07 bits per heavy atom. The van der Waals surface area contributed by atoms with Gasteiger partial charge in [0.15, 0.2) is 5.78 Å². The third-order valence-corrected chi connectivity index (χ3v) is 5.07. The predicted octanol–water partition coefficient (Wildman–Crippen LogP) is 7.26. The highest BCUT2D eigenvalue weighted by atomic mass is 19.1. The molecule has 0 N–H and O–H groups in total. The number of allylic oxidation sites excluding steroid dienone is 2. The van der Waals surface area contributed by atoms with Crippen molar-refractivity contribution >= 4 is 11.4 Å². The van der Waals surface area contributed by atoms with Crippen LogP contribution in [0.2, 0.25) is 0 Å². The standard InChI is InChI=1S/C26H25FO/c1-3-20(25-9-5-4-7-19(25)2)8-6-10-26(28)23-13-11-21(12-14-23)22-15-17-24(27)18-16-22/h3-5,7,9,11-18H,6,8,10H2,1-2H3/b20-3-. The van der Waals surface area contributed by atoms with Gasteiger partial charge in [0.2, 0.25) is 0 Å². The molecule has 1 nitrogen and oxygen atoms in total. The summed E-state index contributed by atoms with van der Waals surface area (Å²) < 4.78 is 13.1. The molecule has 3 aromatic carbocycles. The van der Waals surface area contributed by atoms with Crippen molar-refractivity contribution in [3.8, 4) is 11.1 Å². The van der Waals surface area contributed by atoms with Crippen LogP contribution in [-0.2, 0) is 0 Å². The van der Waals surface area contributed by atoms with E-state index in [-0.39, 0.29) is 11.6 Å². The van der Waals surface area contributed by atoms with E-state index >= 15 is 0 Å². The minimum atomic E-state index is -0.248. The maximum absolute atomic E-state index is 13.1. The molecule has 0 spiro atoms. The largest absolute Gasteiger partial charge is 0.294 e. The van der Waals surface area contributed by atoms with E-state index in [0.717, 1.165) is 29.5 Å². The van der Waals surface area contributed by atoms with Gasteiger partial charge in [-0.05, 0) is 66.6 Å². The lowest BCUT2D eigenvalue weighted by molar-refractivity contribution is 0.0980. The molecule has 0 saturated heterocycles. The fourth-order valence-electron chi connectivity index (χ4n) is 3.44. The number of carbonyl (C=O) groups excluding carboxylic acids is 1. The summed E-state index contributed by atoms with van der Waals surface area (Å²) in [5.41, 5.74) is 6.46. The van der Waals surface area contributed by atoms with Crippen molar-refractivity contribution in [3.63, 3.8) is 0 Å². The van der Waals surface area contributed by atoms with E-state index in [9.17, 15) is 9.18 Å². The molecule has 0 saturated carbocycles. The Morgan fingerprint density at radius 2 is 1.46 bits per heavy atom. The fraction of sp³-hybridized carbons (Fsp3) is 0.192. The van der Waals surface area contributed by atoms with Crippen LogP contribution in [0.4, 0.5) is 4.39 Å². The number of carbonyl (C=O) groups is 1. The molecule has 3 rings (SSSR count). The fourth-order valence-corrected chi connectivity index (χ4v) is 3.44. The van der Waals surface area contributed by atoms with Crippen LogP contribution in [0.1, 0.15) is 47.7 Å². The van der Waals surface area contributed by atoms with Gasteiger partial charge in [-0.2, -0.15) is 0 Å². The molecule has 0 fully saturated rings. The maximum Gasteiger partial charge on any atom is 0.162 e. The van der Waals surface area contributed by atoms with E-state index in [0.29, 0.717) is 6.42 Å². The molecule has 0 aliphatic rings. The SMILES string of the molecule is C/C=C(/CCCC(=O)c1ccc(-c2ccc(F)cc2)cc1)c1ccccc1C. The lowest BCUT2D eigenvalue weighted by atomic mass is 9.94. The molecule has 0 heterocycles. The Morgan fingerprint density at radius 1 is 0.857 bits per heavy atom. The zero-order valence-electron chi connectivity index (χ0n) is 16.4. The summed E-state index contributed by atoms with van der Waals surface area (Å²) in [5, 5.41) is 0. The number of ketones is 1. The third-order valence-electron chi connectivity index (χ3n) is 5.07. The van der Waals surface area contributed by atoms with Crippen molar-refractivity contribution < 1.29 is 9.18 Å². The van der Waals surface area contributed by atoms with E-state index in [1.165, 1.54) is 28.8 Å². The normalized spacial score (nSPS) is 11.5. The van der Waals surface area contributed by atoms with E-state index in [1.54, 1.807) is 12.1 Å². The van der Waals surface area contributed by atoms with Gasteiger partial charge in [0.25, 0.3) is 0 Å². The van der Waals surface area contributed by atoms with Crippen LogP contribution < -0.4 is 0 Å². The minimum Gasteiger partial charge on any atom is -0.294 e. The van der Waals surface area contributed by atoms with Gasteiger partial charge >= 0.3 is 0 Å². The van der Waals surface area contributed by atoms with Crippen molar-refractivity contribution in [1.82, 2.24) is 0 Å². The number of Topliss-reactive ketones (excluding diaryl/α,β-unsaturated/α-hetero) is 1. The first-order valence-corrected chi connectivity index (χ1v) is 9.69. The monoisotopic (exact) mass is 372 g/mol. The molecule has 0 amide bonds. The lowest BCUT2D eigenvalue weighted by Crippen LogP contribution is -1.99. The summed E-state index contributed by atoms with van der Waals surface area (Å²) in [6.07, 6.45) is 4.39. The number of halogens is 1. The average molecular weight is 372 g/mol. The van der Waals surface area contributed by atoms with Crippen LogP contribution in [0.3, 0.4) is 0 Å². The van der Waals surface area contributed by atoms with E-state index in [1.807, 2.05) is 30.3 Å². The molecule has 0 unspecified atom stereocenters. The van der Waals surface area contributed by atoms with Crippen molar-refractivity contribution in [3.05, 3.63) is 101 Å². The Balaban J connectivity index is 1.59. The molecule has 0 radical (unpaired) electrons. The molecule has 0 atom stereocenters. The smallest absolute Gasteiger partial charge is 0.162 e. The highest BCUT2D eigenvalue weighted by molar-refractivity contribution is 5.96. The molecular formula is C26H25FO. The van der Waals surface area contributed by atoms with Gasteiger partial charge < -0.3 is 0 Å². The number of hydrogen-bond donors (Lipinski definition) is 0. The van der Waals surface area contributed by atoms with Gasteiger partial charge in [0, 0.05) is 12.0 Å². The van der Waals surface area contributed by atoms with Gasteiger partial charge in [0.05, 0.1) is 0 Å². The molecular weight excluding hydrogens is 347 g/mol. The second-order valence-electron chi connectivity index (χ2n) is 6.99. The van der Waals surface area contributed by atoms with Crippen LogP contribution in [0.5, 0.6) is 0 Å². The Labute approximate surface area is 166 Å². The highest BCUT2D eigenvalue weighted by Crippen LogP contribution is 2.25. The zero-order valence-corrected chi connectivity index (χ0v) is 16.4. The molecule has 28 heavy (non-hydrogen) atoms. The van der Waals surface area contributed by atoms with E-state index < -0.39 is 0 Å². The maximum atomic E-state index is 13.1. The first kappa shape index (κ1) is 19.8. The molecule has 0 bridgehead atoms. The van der Waals surface area contributed by atoms with Gasteiger partial charge in [-0.15, -0.1) is 0 Å². The molecule has 0 aliphatic carbocycles. The quantitative estimate of drug-likeness (QED) is 0.399. The van der Waals surface area contributed by atoms with Gasteiger partial charge in [-0.25, -0.2) is 4.39 Å². The number of rotatable bonds is 7. The predicted molar refractivity (Wildman–Crippen MR) is 115 cm³/mol. The van der Waals surface area contributed by atoms with Crippen LogP contribution in [0.25, 0.3) is 16.7 Å². The lowest BCUT2D eigenvalue weighted by Gasteiger charge is -2.10. The molecule has 0 aromatic heterocycles. The second kappa shape index (κ2) is 9.27. The van der Waals surface area contributed by atoms with Crippen molar-refractivity contribution in [2.45, 2.75) is 33.1 Å². The summed E-state index contributed by atoms with van der Waals surface area (Å²) >= 11 is 0. The van der Waals surface area contributed by atoms with Gasteiger partial charge in [-0.1, -0.05) is 66.7 Å². The summed E-state index contributed by atoms with van der Waals surface area (Å²) in [7, 11) is 0. The minimum absolute atomic E-state index is 0.158. The first-order chi connectivity index (χ1) is 13.6. The number of aryl methyl sites for hydroxylation is 1. The molecule has 3 aromatic rings. The Kier molecular flexibility index (Phi) is 6.54. The van der Waals surface area contributed by atoms with Crippen LogP contribution >= 0.6 is 0 Å². The molecule has 2 heteroatoms. The molecule has 0 aliphatic heterocycles. The van der Waals surface area contributed by atoms with E-state index in [2.05, 4.69) is 38.1 Å². The Bertz CT molecular complexity index is 966. The van der Waals surface area contributed by atoms with Crippen LogP contribution in [-0.4, -0.2) is 5.78 Å². The summed E-state index contributed by atoms with van der Waals surface area (Å²) in [4.78, 5) is 12.5. The van der Waals surface area contributed by atoms with E-state index in [4.69, 9.17) is 0 Å². The van der Waals surface area contributed by atoms with Crippen molar-refractivity contribution in [1.29, 1.82) is 0 Å². The Hall–Kier alpha value is -3.00. The number of benzene rings is 3. The highest BCUT2D eigenvalue weighted by Gasteiger charge is 2.09. The van der Waals surface area contributed by atoms with Gasteiger partial charge in [-0.3, -0.25) is 4.79 Å². The summed E-state index contributed by atoms with van der Waals surface area (Å²) in [6, 6.07) is 22.3. The summed E-state index contributed by atoms with van der Waals surface area (Å²) in [6.45, 7) is 4.17. The number of hydrogen-bond acceptors (Lipinski definition) is 1. The average Bonchev–Trinajstić information content (AvgIpc) is 2.72. The van der Waals surface area contributed by atoms with Crippen molar-refractivity contribution in [2.24, 2.45) is 0 Å². The van der Waals surface area contributed by atoms with Gasteiger partial charge in [0.1, 0.15) is 5.82 Å². The molecule has 142 valence electrons. The van der Waals surface area contributed by atoms with Crippen molar-refractivity contribution in [2.75, 3.05) is 0 Å². The zero-order chi connectivity index (χ0) is 19.9. The van der Waals surface area contributed by atoms with Crippen LogP contribution in [0, 0.1) is 12.7 Å².